The van der Waals surface area contributed by atoms with E-state index in [1.165, 1.54) is 24.1 Å². The highest BCUT2D eigenvalue weighted by atomic mass is 16.5. The maximum atomic E-state index is 5.42. The first-order valence-corrected chi connectivity index (χ1v) is 7.88. The second kappa shape index (κ2) is 7.70. The molecule has 1 aliphatic carbocycles. The van der Waals surface area contributed by atoms with Crippen LogP contribution in [0.2, 0.25) is 0 Å². The lowest BCUT2D eigenvalue weighted by atomic mass is 9.85. The summed E-state index contributed by atoms with van der Waals surface area (Å²) < 4.78 is 5.42. The molecule has 0 fully saturated rings. The Hall–Kier alpha value is -1.00. The van der Waals surface area contributed by atoms with Crippen molar-refractivity contribution in [2.75, 3.05) is 19.7 Å². The summed E-state index contributed by atoms with van der Waals surface area (Å²) in [7, 11) is 0. The Morgan fingerprint density at radius 1 is 1.30 bits per heavy atom. The largest absolute Gasteiger partial charge is 0.374 e. The molecule has 0 spiro atoms. The molecule has 1 atom stereocenters. The van der Waals surface area contributed by atoms with Gasteiger partial charge in [-0.2, -0.15) is 0 Å². The number of aryl methyl sites for hydroxylation is 2. The third kappa shape index (κ3) is 4.00. The van der Waals surface area contributed by atoms with Crippen molar-refractivity contribution in [1.82, 2.24) is 15.3 Å². The van der Waals surface area contributed by atoms with E-state index in [9.17, 15) is 0 Å². The Balaban J connectivity index is 2.01. The number of fused-ring (bicyclic) bond motifs is 1. The molecule has 4 heteroatoms. The van der Waals surface area contributed by atoms with Gasteiger partial charge >= 0.3 is 0 Å². The summed E-state index contributed by atoms with van der Waals surface area (Å²) in [6.07, 6.45) is 4.63. The molecule has 0 radical (unpaired) electrons. The number of nitrogens with one attached hydrogen (secondary N) is 1. The van der Waals surface area contributed by atoms with Crippen LogP contribution in [0.5, 0.6) is 0 Å². The summed E-state index contributed by atoms with van der Waals surface area (Å²) in [5.74, 6) is 1.57. The van der Waals surface area contributed by atoms with Crippen LogP contribution >= 0.6 is 0 Å². The Morgan fingerprint density at radius 2 is 2.15 bits per heavy atom. The molecule has 0 saturated carbocycles. The first kappa shape index (κ1) is 15.4. The first-order valence-electron chi connectivity index (χ1n) is 7.88. The number of hydrogen-bond acceptors (Lipinski definition) is 4. The van der Waals surface area contributed by atoms with Crippen molar-refractivity contribution in [3.05, 3.63) is 22.8 Å². The van der Waals surface area contributed by atoms with E-state index in [1.54, 1.807) is 0 Å². The van der Waals surface area contributed by atoms with Crippen LogP contribution in [0.3, 0.4) is 0 Å². The van der Waals surface area contributed by atoms with Crippen LogP contribution in [0.4, 0.5) is 0 Å². The quantitative estimate of drug-likeness (QED) is 0.778. The summed E-state index contributed by atoms with van der Waals surface area (Å²) in [5.41, 5.74) is 3.77. The second-order valence-electron chi connectivity index (χ2n) is 5.60. The number of nitrogens with zero attached hydrogens (tertiary/aromatic N) is 2. The van der Waals surface area contributed by atoms with Gasteiger partial charge in [-0.3, -0.25) is 0 Å². The van der Waals surface area contributed by atoms with E-state index in [0.29, 0.717) is 13.2 Å². The first-order chi connectivity index (χ1) is 9.74. The molecule has 0 saturated heterocycles. The van der Waals surface area contributed by atoms with Crippen LogP contribution in [-0.4, -0.2) is 29.7 Å². The minimum atomic E-state index is 0.534. The van der Waals surface area contributed by atoms with Crippen LogP contribution < -0.4 is 5.32 Å². The third-order valence-corrected chi connectivity index (χ3v) is 3.92. The zero-order chi connectivity index (χ0) is 14.4. The van der Waals surface area contributed by atoms with Crippen LogP contribution in [0.25, 0.3) is 0 Å². The lowest BCUT2D eigenvalue weighted by Crippen LogP contribution is -2.29. The lowest BCUT2D eigenvalue weighted by molar-refractivity contribution is 0.128. The number of aromatic nitrogens is 2. The van der Waals surface area contributed by atoms with Gasteiger partial charge in [-0.25, -0.2) is 9.97 Å². The monoisotopic (exact) mass is 277 g/mol. The molecule has 112 valence electrons. The normalized spacial score (nSPS) is 18.1. The summed E-state index contributed by atoms with van der Waals surface area (Å²) >= 11 is 0. The SMILES string of the molecule is CCCNCC1CCc2nc(COCC)nc(C)c2C1. The highest BCUT2D eigenvalue weighted by molar-refractivity contribution is 5.28. The van der Waals surface area contributed by atoms with Gasteiger partial charge in [0, 0.05) is 18.0 Å². The summed E-state index contributed by atoms with van der Waals surface area (Å²) in [6, 6.07) is 0. The fourth-order valence-electron chi connectivity index (χ4n) is 2.84. The third-order valence-electron chi connectivity index (χ3n) is 3.92. The Bertz CT molecular complexity index is 434. The minimum absolute atomic E-state index is 0.534. The Labute approximate surface area is 122 Å². The Kier molecular flexibility index (Phi) is 5.92. The fraction of sp³-hybridized carbons (Fsp3) is 0.750. The van der Waals surface area contributed by atoms with Gasteiger partial charge in [-0.05, 0) is 64.1 Å². The van der Waals surface area contributed by atoms with Gasteiger partial charge < -0.3 is 10.1 Å². The average Bonchev–Trinajstić information content (AvgIpc) is 2.46. The van der Waals surface area contributed by atoms with E-state index < -0.39 is 0 Å². The molecule has 1 aliphatic rings. The zero-order valence-corrected chi connectivity index (χ0v) is 13.0. The fourth-order valence-corrected chi connectivity index (χ4v) is 2.84. The number of ether oxygens (including phenoxy) is 1. The van der Waals surface area contributed by atoms with Gasteiger partial charge in [0.1, 0.15) is 6.61 Å². The lowest BCUT2D eigenvalue weighted by Gasteiger charge is -2.25. The molecule has 0 aromatic carbocycles. The van der Waals surface area contributed by atoms with Gasteiger partial charge in [-0.15, -0.1) is 0 Å². The maximum absolute atomic E-state index is 5.42. The van der Waals surface area contributed by atoms with Crippen molar-refractivity contribution in [1.29, 1.82) is 0 Å². The van der Waals surface area contributed by atoms with Gasteiger partial charge in [0.15, 0.2) is 5.82 Å². The predicted octanol–water partition coefficient (Wildman–Crippen LogP) is 2.43. The van der Waals surface area contributed by atoms with E-state index >= 15 is 0 Å². The molecular weight excluding hydrogens is 250 g/mol. The van der Waals surface area contributed by atoms with E-state index in [-0.39, 0.29) is 0 Å². The van der Waals surface area contributed by atoms with Crippen molar-refractivity contribution >= 4 is 0 Å². The topological polar surface area (TPSA) is 47.0 Å². The molecule has 0 bridgehead atoms. The summed E-state index contributed by atoms with van der Waals surface area (Å²) in [6.45, 7) is 9.80. The molecule has 1 heterocycles. The standard InChI is InChI=1S/C16H27N3O/c1-4-8-17-10-13-6-7-15-14(9-13)12(3)18-16(19-15)11-20-5-2/h13,17H,4-11H2,1-3H3. The van der Waals surface area contributed by atoms with Gasteiger partial charge in [0.25, 0.3) is 0 Å². The van der Waals surface area contributed by atoms with E-state index in [4.69, 9.17) is 4.74 Å². The molecule has 1 aromatic heterocycles. The molecule has 1 aromatic rings. The van der Waals surface area contributed by atoms with E-state index in [2.05, 4.69) is 29.1 Å². The highest BCUT2D eigenvalue weighted by Gasteiger charge is 2.22. The van der Waals surface area contributed by atoms with Crippen molar-refractivity contribution in [3.8, 4) is 0 Å². The summed E-state index contributed by atoms with van der Waals surface area (Å²) in [4.78, 5) is 9.28. The maximum Gasteiger partial charge on any atom is 0.154 e. The second-order valence-corrected chi connectivity index (χ2v) is 5.60. The van der Waals surface area contributed by atoms with E-state index in [0.717, 1.165) is 43.4 Å². The molecule has 0 aliphatic heterocycles. The number of rotatable bonds is 7. The smallest absolute Gasteiger partial charge is 0.154 e. The predicted molar refractivity (Wildman–Crippen MR) is 80.8 cm³/mol. The highest BCUT2D eigenvalue weighted by Crippen LogP contribution is 2.26. The van der Waals surface area contributed by atoms with Gasteiger partial charge in [-0.1, -0.05) is 6.92 Å². The molecule has 1 N–H and O–H groups in total. The van der Waals surface area contributed by atoms with Crippen molar-refractivity contribution in [3.63, 3.8) is 0 Å². The van der Waals surface area contributed by atoms with E-state index in [1.807, 2.05) is 6.92 Å². The van der Waals surface area contributed by atoms with Gasteiger partial charge in [0.2, 0.25) is 0 Å². The molecule has 20 heavy (non-hydrogen) atoms. The molecule has 4 nitrogen and oxygen atoms in total. The molecule has 0 amide bonds. The molecule has 2 rings (SSSR count). The Morgan fingerprint density at radius 3 is 2.90 bits per heavy atom. The van der Waals surface area contributed by atoms with Crippen molar-refractivity contribution < 1.29 is 4.74 Å². The van der Waals surface area contributed by atoms with Crippen molar-refractivity contribution in [2.45, 2.75) is 53.1 Å². The van der Waals surface area contributed by atoms with Crippen LogP contribution in [0.1, 0.15) is 49.5 Å². The van der Waals surface area contributed by atoms with Crippen molar-refractivity contribution in [2.24, 2.45) is 5.92 Å². The van der Waals surface area contributed by atoms with Crippen LogP contribution in [0.15, 0.2) is 0 Å². The van der Waals surface area contributed by atoms with Gasteiger partial charge in [0.05, 0.1) is 0 Å². The minimum Gasteiger partial charge on any atom is -0.374 e. The average molecular weight is 277 g/mol. The van der Waals surface area contributed by atoms with Crippen LogP contribution in [0, 0.1) is 12.8 Å². The molecule has 1 unspecified atom stereocenters. The zero-order valence-electron chi connectivity index (χ0n) is 13.0. The molecular formula is C16H27N3O. The number of hydrogen-bond donors (Lipinski definition) is 1. The summed E-state index contributed by atoms with van der Waals surface area (Å²) in [5, 5.41) is 3.53. The van der Waals surface area contributed by atoms with Crippen LogP contribution in [-0.2, 0) is 24.2 Å².